The highest BCUT2D eigenvalue weighted by molar-refractivity contribution is 5.84. The number of ether oxygens (including phenoxy) is 1. The smallest absolute Gasteiger partial charge is 0.207 e. The van der Waals surface area contributed by atoms with E-state index in [1.54, 1.807) is 6.08 Å². The number of hydrogen-bond donors (Lipinski definition) is 0. The number of hydrogen-bond acceptors (Lipinski definition) is 4. The van der Waals surface area contributed by atoms with Crippen LogP contribution in [0.2, 0.25) is 0 Å². The van der Waals surface area contributed by atoms with Crippen LogP contribution in [0.1, 0.15) is 21.7 Å². The van der Waals surface area contributed by atoms with Gasteiger partial charge in [-0.25, -0.2) is 0 Å². The monoisotopic (exact) mass is 305 g/mol. The Balaban J connectivity index is 1.76. The number of rotatable bonds is 6. The fourth-order valence-electron chi connectivity index (χ4n) is 2.25. The van der Waals surface area contributed by atoms with Crippen LogP contribution >= 0.6 is 0 Å². The van der Waals surface area contributed by atoms with Crippen molar-refractivity contribution in [3.8, 4) is 17.0 Å². The largest absolute Gasteiger partial charge is 0.489 e. The third-order valence-electron chi connectivity index (χ3n) is 3.44. The molecule has 1 heterocycles. The average molecular weight is 305 g/mol. The van der Waals surface area contributed by atoms with Crippen LogP contribution in [0.3, 0.4) is 0 Å². The molecule has 0 spiro atoms. The topological polar surface area (TPSA) is 52.3 Å². The van der Waals surface area contributed by atoms with Crippen molar-refractivity contribution >= 4 is 12.4 Å². The standard InChI is InChI=1S/C19H15NO3/c1-2-17-18(12-21)23-20-19(17)15-8-10-16(11-9-15)22-13-14-6-4-3-5-7-14/h2-12H,1,13H2. The fourth-order valence-corrected chi connectivity index (χ4v) is 2.25. The van der Waals surface area contributed by atoms with E-state index in [4.69, 9.17) is 9.26 Å². The Hall–Kier alpha value is -3.14. The molecular formula is C19H15NO3. The molecule has 3 aromatic rings. The first kappa shape index (κ1) is 14.8. The third kappa shape index (κ3) is 3.21. The van der Waals surface area contributed by atoms with Gasteiger partial charge in [-0.1, -0.05) is 48.1 Å². The lowest BCUT2D eigenvalue weighted by atomic mass is 10.1. The summed E-state index contributed by atoms with van der Waals surface area (Å²) in [6, 6.07) is 17.4. The van der Waals surface area contributed by atoms with E-state index in [9.17, 15) is 4.79 Å². The molecule has 4 nitrogen and oxygen atoms in total. The van der Waals surface area contributed by atoms with Crippen molar-refractivity contribution in [3.05, 3.63) is 78.1 Å². The minimum atomic E-state index is 0.180. The first-order valence-electron chi connectivity index (χ1n) is 7.16. The minimum absolute atomic E-state index is 0.180. The molecule has 1 aromatic heterocycles. The zero-order valence-electron chi connectivity index (χ0n) is 12.4. The predicted octanol–water partition coefficient (Wildman–Crippen LogP) is 4.38. The van der Waals surface area contributed by atoms with Gasteiger partial charge in [0, 0.05) is 5.56 Å². The quantitative estimate of drug-likeness (QED) is 0.634. The lowest BCUT2D eigenvalue weighted by Crippen LogP contribution is -1.94. The zero-order chi connectivity index (χ0) is 16.1. The summed E-state index contributed by atoms with van der Waals surface area (Å²) in [5.74, 6) is 0.941. The van der Waals surface area contributed by atoms with E-state index < -0.39 is 0 Å². The van der Waals surface area contributed by atoms with Gasteiger partial charge in [-0.2, -0.15) is 0 Å². The fraction of sp³-hybridized carbons (Fsp3) is 0.0526. The Morgan fingerprint density at radius 1 is 1.09 bits per heavy atom. The van der Waals surface area contributed by atoms with Gasteiger partial charge >= 0.3 is 0 Å². The van der Waals surface area contributed by atoms with Gasteiger partial charge in [-0.3, -0.25) is 4.79 Å². The Morgan fingerprint density at radius 3 is 2.48 bits per heavy atom. The van der Waals surface area contributed by atoms with Crippen LogP contribution in [0, 0.1) is 0 Å². The van der Waals surface area contributed by atoms with E-state index in [-0.39, 0.29) is 5.76 Å². The third-order valence-corrected chi connectivity index (χ3v) is 3.44. The molecule has 0 amide bonds. The second-order valence-electron chi connectivity index (χ2n) is 4.93. The van der Waals surface area contributed by atoms with Gasteiger partial charge in [0.1, 0.15) is 18.1 Å². The molecule has 4 heteroatoms. The molecule has 2 aromatic carbocycles. The zero-order valence-corrected chi connectivity index (χ0v) is 12.4. The Kier molecular flexibility index (Phi) is 4.34. The number of aldehydes is 1. The number of carbonyl (C=O) groups excluding carboxylic acids is 1. The van der Waals surface area contributed by atoms with Gasteiger partial charge in [0.2, 0.25) is 5.76 Å². The van der Waals surface area contributed by atoms with Crippen molar-refractivity contribution in [2.24, 2.45) is 0 Å². The van der Waals surface area contributed by atoms with Crippen LogP contribution < -0.4 is 4.74 Å². The molecular weight excluding hydrogens is 290 g/mol. The SMILES string of the molecule is C=Cc1c(-c2ccc(OCc3ccccc3)cc2)noc1C=O. The first-order chi connectivity index (χ1) is 11.3. The number of aromatic nitrogens is 1. The second-order valence-corrected chi connectivity index (χ2v) is 4.93. The van der Waals surface area contributed by atoms with E-state index in [0.717, 1.165) is 16.9 Å². The number of nitrogens with zero attached hydrogens (tertiary/aromatic N) is 1. The lowest BCUT2D eigenvalue weighted by Gasteiger charge is -2.07. The Bertz CT molecular complexity index is 804. The molecule has 0 aliphatic carbocycles. The van der Waals surface area contributed by atoms with Gasteiger partial charge in [0.05, 0.1) is 5.56 Å². The molecule has 0 bridgehead atoms. The summed E-state index contributed by atoms with van der Waals surface area (Å²) < 4.78 is 10.8. The van der Waals surface area contributed by atoms with E-state index in [2.05, 4.69) is 11.7 Å². The predicted molar refractivity (Wildman–Crippen MR) is 88.2 cm³/mol. The lowest BCUT2D eigenvalue weighted by molar-refractivity contribution is 0.109. The number of carbonyl (C=O) groups is 1. The van der Waals surface area contributed by atoms with E-state index in [1.165, 1.54) is 0 Å². The van der Waals surface area contributed by atoms with Crippen LogP contribution in [0.4, 0.5) is 0 Å². The van der Waals surface area contributed by atoms with E-state index in [1.807, 2.05) is 54.6 Å². The van der Waals surface area contributed by atoms with Gasteiger partial charge in [-0.15, -0.1) is 0 Å². The van der Waals surface area contributed by atoms with Crippen molar-refractivity contribution < 1.29 is 14.1 Å². The molecule has 3 rings (SSSR count). The van der Waals surface area contributed by atoms with Crippen molar-refractivity contribution in [3.63, 3.8) is 0 Å². The van der Waals surface area contributed by atoms with Crippen LogP contribution in [0.5, 0.6) is 5.75 Å². The second kappa shape index (κ2) is 6.75. The summed E-state index contributed by atoms with van der Waals surface area (Å²) in [4.78, 5) is 10.9. The summed E-state index contributed by atoms with van der Waals surface area (Å²) in [7, 11) is 0. The summed E-state index contributed by atoms with van der Waals surface area (Å²) in [6.07, 6.45) is 2.19. The van der Waals surface area contributed by atoms with Crippen molar-refractivity contribution in [2.75, 3.05) is 0 Å². The van der Waals surface area contributed by atoms with Crippen LogP contribution in [0.25, 0.3) is 17.3 Å². The summed E-state index contributed by atoms with van der Waals surface area (Å²) >= 11 is 0. The van der Waals surface area contributed by atoms with Crippen LogP contribution in [-0.2, 0) is 6.61 Å². The molecule has 0 radical (unpaired) electrons. The molecule has 0 fully saturated rings. The van der Waals surface area contributed by atoms with Crippen LogP contribution in [-0.4, -0.2) is 11.4 Å². The van der Waals surface area contributed by atoms with Gasteiger partial charge in [-0.05, 0) is 29.8 Å². The van der Waals surface area contributed by atoms with Crippen molar-refractivity contribution in [1.29, 1.82) is 0 Å². The van der Waals surface area contributed by atoms with Crippen LogP contribution in [0.15, 0.2) is 65.7 Å². The average Bonchev–Trinajstić information content (AvgIpc) is 3.04. The maximum Gasteiger partial charge on any atom is 0.207 e. The normalized spacial score (nSPS) is 10.3. The number of benzene rings is 2. The molecule has 0 saturated carbocycles. The van der Waals surface area contributed by atoms with E-state index in [0.29, 0.717) is 24.2 Å². The van der Waals surface area contributed by atoms with Gasteiger partial charge < -0.3 is 9.26 Å². The summed E-state index contributed by atoms with van der Waals surface area (Å²) in [5, 5.41) is 3.93. The molecule has 0 N–H and O–H groups in total. The van der Waals surface area contributed by atoms with Gasteiger partial charge in [0.15, 0.2) is 6.29 Å². The summed E-state index contributed by atoms with van der Waals surface area (Å²) in [5.41, 5.74) is 3.14. The maximum atomic E-state index is 10.9. The molecule has 0 saturated heterocycles. The molecule has 0 unspecified atom stereocenters. The molecule has 0 aliphatic heterocycles. The highest BCUT2D eigenvalue weighted by atomic mass is 16.5. The Labute approximate surface area is 134 Å². The van der Waals surface area contributed by atoms with Crippen molar-refractivity contribution in [2.45, 2.75) is 6.61 Å². The maximum absolute atomic E-state index is 10.9. The minimum Gasteiger partial charge on any atom is -0.489 e. The highest BCUT2D eigenvalue weighted by Gasteiger charge is 2.14. The Morgan fingerprint density at radius 2 is 1.83 bits per heavy atom. The van der Waals surface area contributed by atoms with Crippen molar-refractivity contribution in [1.82, 2.24) is 5.16 Å². The summed E-state index contributed by atoms with van der Waals surface area (Å²) in [6.45, 7) is 4.21. The molecule has 23 heavy (non-hydrogen) atoms. The van der Waals surface area contributed by atoms with Gasteiger partial charge in [0.25, 0.3) is 0 Å². The molecule has 0 atom stereocenters. The molecule has 0 aliphatic rings. The highest BCUT2D eigenvalue weighted by Crippen LogP contribution is 2.27. The molecule has 114 valence electrons. The first-order valence-corrected chi connectivity index (χ1v) is 7.16. The van der Waals surface area contributed by atoms with E-state index >= 15 is 0 Å².